The first-order valence-corrected chi connectivity index (χ1v) is 5.22. The van der Waals surface area contributed by atoms with Crippen LogP contribution in [0.25, 0.3) is 0 Å². The van der Waals surface area contributed by atoms with Crippen LogP contribution in [-0.4, -0.2) is 5.11 Å². The summed E-state index contributed by atoms with van der Waals surface area (Å²) in [5, 5.41) is 10.4. The lowest BCUT2D eigenvalue weighted by atomic mass is 9.89. The van der Waals surface area contributed by atoms with Gasteiger partial charge in [0.2, 0.25) is 0 Å². The molecular formula is C11H13Cl2NO. The van der Waals surface area contributed by atoms with Crippen LogP contribution in [0.1, 0.15) is 18.9 Å². The third-order valence-corrected chi connectivity index (χ3v) is 2.72. The van der Waals surface area contributed by atoms with E-state index in [0.29, 0.717) is 17.0 Å². The predicted molar refractivity (Wildman–Crippen MR) is 64.5 cm³/mol. The second-order valence-electron chi connectivity index (χ2n) is 3.69. The van der Waals surface area contributed by atoms with Crippen molar-refractivity contribution >= 4 is 23.2 Å². The van der Waals surface area contributed by atoms with Crippen LogP contribution in [0.2, 0.25) is 10.0 Å². The molecule has 0 bridgehead atoms. The zero-order chi connectivity index (χ0) is 11.6. The minimum Gasteiger partial charge on any atom is -0.506 e. The van der Waals surface area contributed by atoms with E-state index in [1.54, 1.807) is 19.1 Å². The molecule has 0 aromatic heterocycles. The fourth-order valence-electron chi connectivity index (χ4n) is 1.41. The summed E-state index contributed by atoms with van der Waals surface area (Å²) in [5.41, 5.74) is 5.84. The first-order chi connectivity index (χ1) is 6.88. The average molecular weight is 246 g/mol. The van der Waals surface area contributed by atoms with Crippen molar-refractivity contribution in [3.05, 3.63) is 40.4 Å². The van der Waals surface area contributed by atoms with E-state index in [-0.39, 0.29) is 10.8 Å². The summed E-state index contributed by atoms with van der Waals surface area (Å²) in [7, 11) is 0. The molecule has 15 heavy (non-hydrogen) atoms. The van der Waals surface area contributed by atoms with E-state index < -0.39 is 5.54 Å². The number of halogens is 2. The van der Waals surface area contributed by atoms with E-state index in [9.17, 15) is 5.11 Å². The van der Waals surface area contributed by atoms with Crippen molar-refractivity contribution in [2.24, 2.45) is 5.73 Å². The van der Waals surface area contributed by atoms with Crippen LogP contribution in [0.4, 0.5) is 0 Å². The van der Waals surface area contributed by atoms with Crippen molar-refractivity contribution < 1.29 is 5.11 Å². The number of phenolic OH excluding ortho intramolecular Hbond substituents is 1. The van der Waals surface area contributed by atoms with Gasteiger partial charge in [-0.1, -0.05) is 29.3 Å². The molecule has 0 radical (unpaired) electrons. The van der Waals surface area contributed by atoms with Gasteiger partial charge in [-0.15, -0.1) is 6.58 Å². The van der Waals surface area contributed by atoms with Gasteiger partial charge >= 0.3 is 0 Å². The van der Waals surface area contributed by atoms with Gasteiger partial charge in [-0.3, -0.25) is 0 Å². The number of benzene rings is 1. The Hall–Kier alpha value is -0.700. The van der Waals surface area contributed by atoms with Crippen LogP contribution in [0, 0.1) is 0 Å². The monoisotopic (exact) mass is 245 g/mol. The second kappa shape index (κ2) is 4.44. The van der Waals surface area contributed by atoms with E-state index in [2.05, 4.69) is 6.58 Å². The van der Waals surface area contributed by atoms with Crippen LogP contribution in [-0.2, 0) is 5.54 Å². The molecule has 0 aliphatic rings. The van der Waals surface area contributed by atoms with Crippen LogP contribution >= 0.6 is 23.2 Å². The third-order valence-electron chi connectivity index (χ3n) is 2.21. The number of hydrogen-bond donors (Lipinski definition) is 2. The molecule has 2 nitrogen and oxygen atoms in total. The lowest BCUT2D eigenvalue weighted by Gasteiger charge is -2.25. The molecule has 1 aromatic rings. The summed E-state index contributed by atoms with van der Waals surface area (Å²) in [6.07, 6.45) is 2.21. The molecule has 4 heteroatoms. The van der Waals surface area contributed by atoms with Crippen molar-refractivity contribution in [2.45, 2.75) is 18.9 Å². The summed E-state index contributed by atoms with van der Waals surface area (Å²) in [6, 6.07) is 3.10. The zero-order valence-corrected chi connectivity index (χ0v) is 9.94. The number of rotatable bonds is 3. The number of aromatic hydroxyl groups is 1. The molecule has 0 fully saturated rings. The van der Waals surface area contributed by atoms with Gasteiger partial charge in [0.05, 0.1) is 5.02 Å². The molecule has 0 saturated carbocycles. The molecule has 0 aliphatic carbocycles. The van der Waals surface area contributed by atoms with Gasteiger partial charge in [0, 0.05) is 16.1 Å². The maximum atomic E-state index is 9.78. The molecule has 1 atom stereocenters. The summed E-state index contributed by atoms with van der Waals surface area (Å²) < 4.78 is 0. The molecule has 3 N–H and O–H groups in total. The lowest BCUT2D eigenvalue weighted by Crippen LogP contribution is -2.32. The Balaban J connectivity index is 3.29. The van der Waals surface area contributed by atoms with Crippen LogP contribution in [0.5, 0.6) is 5.75 Å². The van der Waals surface area contributed by atoms with Crippen molar-refractivity contribution in [1.29, 1.82) is 0 Å². The Morgan fingerprint density at radius 2 is 2.13 bits per heavy atom. The fourth-order valence-corrected chi connectivity index (χ4v) is 1.90. The molecule has 0 amide bonds. The Labute approximate surface area is 99.3 Å². The van der Waals surface area contributed by atoms with Gasteiger partial charge in [0.15, 0.2) is 0 Å². The van der Waals surface area contributed by atoms with E-state index in [0.717, 1.165) is 0 Å². The van der Waals surface area contributed by atoms with Gasteiger partial charge in [-0.05, 0) is 25.5 Å². The molecule has 1 unspecified atom stereocenters. The minimum atomic E-state index is -0.722. The number of hydrogen-bond acceptors (Lipinski definition) is 2. The van der Waals surface area contributed by atoms with Gasteiger partial charge in [0.25, 0.3) is 0 Å². The zero-order valence-electron chi connectivity index (χ0n) is 8.43. The molecule has 0 spiro atoms. The average Bonchev–Trinajstić information content (AvgIpc) is 2.11. The highest BCUT2D eigenvalue weighted by Crippen LogP contribution is 2.37. The van der Waals surface area contributed by atoms with Crippen molar-refractivity contribution in [1.82, 2.24) is 0 Å². The predicted octanol–water partition coefficient (Wildman–Crippen LogP) is 3.45. The lowest BCUT2D eigenvalue weighted by molar-refractivity contribution is 0.427. The van der Waals surface area contributed by atoms with Crippen LogP contribution in [0.3, 0.4) is 0 Å². The molecule has 1 rings (SSSR count). The topological polar surface area (TPSA) is 46.2 Å². The van der Waals surface area contributed by atoms with Gasteiger partial charge < -0.3 is 10.8 Å². The number of nitrogens with two attached hydrogens (primary N) is 1. The standard InChI is InChI=1S/C11H13Cl2NO/c1-3-4-11(2,14)8-5-7(12)6-9(13)10(8)15/h3,5-6,15H,1,4,14H2,2H3. The molecule has 0 heterocycles. The van der Waals surface area contributed by atoms with E-state index in [4.69, 9.17) is 28.9 Å². The summed E-state index contributed by atoms with van der Waals surface area (Å²) >= 11 is 11.7. The van der Waals surface area contributed by atoms with Crippen LogP contribution < -0.4 is 5.73 Å². The van der Waals surface area contributed by atoms with Crippen molar-refractivity contribution in [3.8, 4) is 5.75 Å². The first-order valence-electron chi connectivity index (χ1n) is 4.46. The maximum absolute atomic E-state index is 9.78. The number of phenols is 1. The quantitative estimate of drug-likeness (QED) is 0.802. The summed E-state index contributed by atoms with van der Waals surface area (Å²) in [6.45, 7) is 5.41. The largest absolute Gasteiger partial charge is 0.506 e. The third kappa shape index (κ3) is 2.65. The Bertz CT molecular complexity index is 388. The Morgan fingerprint density at radius 1 is 1.53 bits per heavy atom. The Kier molecular flexibility index (Phi) is 3.66. The van der Waals surface area contributed by atoms with Crippen LogP contribution in [0.15, 0.2) is 24.8 Å². The van der Waals surface area contributed by atoms with Crippen molar-refractivity contribution in [2.75, 3.05) is 0 Å². The maximum Gasteiger partial charge on any atom is 0.139 e. The Morgan fingerprint density at radius 3 is 2.67 bits per heavy atom. The molecule has 82 valence electrons. The molecule has 0 aliphatic heterocycles. The SMILES string of the molecule is C=CCC(C)(N)c1cc(Cl)cc(Cl)c1O. The molecule has 0 saturated heterocycles. The summed E-state index contributed by atoms with van der Waals surface area (Å²) in [5.74, 6) is -0.0204. The van der Waals surface area contributed by atoms with Gasteiger partial charge in [0.1, 0.15) is 5.75 Å². The van der Waals surface area contributed by atoms with Gasteiger partial charge in [-0.2, -0.15) is 0 Å². The van der Waals surface area contributed by atoms with Crippen molar-refractivity contribution in [3.63, 3.8) is 0 Å². The van der Waals surface area contributed by atoms with E-state index in [1.807, 2.05) is 0 Å². The van der Waals surface area contributed by atoms with Gasteiger partial charge in [-0.25, -0.2) is 0 Å². The molecule has 1 aromatic carbocycles. The fraction of sp³-hybridized carbons (Fsp3) is 0.273. The first kappa shape index (κ1) is 12.4. The highest BCUT2D eigenvalue weighted by atomic mass is 35.5. The second-order valence-corrected chi connectivity index (χ2v) is 4.54. The highest BCUT2D eigenvalue weighted by molar-refractivity contribution is 6.35. The molecular weight excluding hydrogens is 233 g/mol. The van der Waals surface area contributed by atoms with E-state index in [1.165, 1.54) is 6.07 Å². The highest BCUT2D eigenvalue weighted by Gasteiger charge is 2.24. The smallest absolute Gasteiger partial charge is 0.139 e. The minimum absolute atomic E-state index is 0.0204. The summed E-state index contributed by atoms with van der Waals surface area (Å²) in [4.78, 5) is 0. The van der Waals surface area contributed by atoms with E-state index >= 15 is 0 Å². The normalized spacial score (nSPS) is 14.7.